The van der Waals surface area contributed by atoms with E-state index in [1.54, 1.807) is 0 Å². The third kappa shape index (κ3) is 4.45. The van der Waals surface area contributed by atoms with E-state index in [1.807, 2.05) is 0 Å². The van der Waals surface area contributed by atoms with Gasteiger partial charge >= 0.3 is 0 Å². The van der Waals surface area contributed by atoms with Gasteiger partial charge in [-0.25, -0.2) is 0 Å². The summed E-state index contributed by atoms with van der Waals surface area (Å²) in [7, 11) is 2.10. The summed E-state index contributed by atoms with van der Waals surface area (Å²) in [5.74, 6) is 0.850. The molecule has 86 valence electrons. The highest BCUT2D eigenvalue weighted by Gasteiger charge is 2.27. The highest BCUT2D eigenvalue weighted by atomic mass is 14.9. The van der Waals surface area contributed by atoms with Crippen LogP contribution in [-0.4, -0.2) is 13.1 Å². The quantitative estimate of drug-likeness (QED) is 0.657. The molecule has 0 spiro atoms. The Balaban J connectivity index is 4.14. The van der Waals surface area contributed by atoms with E-state index in [1.165, 1.54) is 25.7 Å². The van der Waals surface area contributed by atoms with Gasteiger partial charge in [0.25, 0.3) is 0 Å². The number of hydrogen-bond donors (Lipinski definition) is 1. The van der Waals surface area contributed by atoms with E-state index in [9.17, 15) is 0 Å². The van der Waals surface area contributed by atoms with E-state index in [4.69, 9.17) is 0 Å². The van der Waals surface area contributed by atoms with Crippen LogP contribution in [0.25, 0.3) is 0 Å². The van der Waals surface area contributed by atoms with Crippen LogP contribution in [-0.2, 0) is 0 Å². The summed E-state index contributed by atoms with van der Waals surface area (Å²) < 4.78 is 0. The van der Waals surface area contributed by atoms with E-state index in [0.717, 1.165) is 5.92 Å². The zero-order chi connectivity index (χ0) is 11.2. The Morgan fingerprint density at radius 1 is 1.21 bits per heavy atom. The second-order valence-electron chi connectivity index (χ2n) is 5.31. The maximum absolute atomic E-state index is 3.48. The second kappa shape index (κ2) is 6.44. The van der Waals surface area contributed by atoms with Gasteiger partial charge in [-0.3, -0.25) is 0 Å². The van der Waals surface area contributed by atoms with Crippen LogP contribution in [0.1, 0.15) is 60.3 Å². The van der Waals surface area contributed by atoms with Gasteiger partial charge in [-0.2, -0.15) is 0 Å². The Bertz CT molecular complexity index is 140. The van der Waals surface area contributed by atoms with Crippen molar-refractivity contribution in [3.8, 4) is 0 Å². The first-order chi connectivity index (χ1) is 6.47. The fourth-order valence-electron chi connectivity index (χ4n) is 2.09. The lowest BCUT2D eigenvalue weighted by Gasteiger charge is -2.35. The van der Waals surface area contributed by atoms with Crippen molar-refractivity contribution in [2.24, 2.45) is 11.3 Å². The molecule has 0 aliphatic heterocycles. The van der Waals surface area contributed by atoms with Crippen LogP contribution >= 0.6 is 0 Å². The van der Waals surface area contributed by atoms with E-state index in [-0.39, 0.29) is 0 Å². The van der Waals surface area contributed by atoms with Crippen LogP contribution in [0, 0.1) is 11.3 Å². The van der Waals surface area contributed by atoms with Crippen molar-refractivity contribution in [2.75, 3.05) is 7.05 Å². The summed E-state index contributed by atoms with van der Waals surface area (Å²) in [5, 5.41) is 3.48. The molecule has 0 radical (unpaired) electrons. The first-order valence-corrected chi connectivity index (χ1v) is 6.15. The standard InChI is InChI=1S/C13H29N/c1-7-9-11(3)10-12(14-6)13(4,5)8-2/h11-12,14H,7-10H2,1-6H3. The van der Waals surface area contributed by atoms with E-state index < -0.39 is 0 Å². The minimum atomic E-state index is 0.427. The molecule has 0 aromatic heterocycles. The predicted octanol–water partition coefficient (Wildman–Crippen LogP) is 3.84. The first kappa shape index (κ1) is 14.0. The Labute approximate surface area is 90.7 Å². The average Bonchev–Trinajstić information content (AvgIpc) is 2.14. The molecule has 2 unspecified atom stereocenters. The fraction of sp³-hybridized carbons (Fsp3) is 1.00. The average molecular weight is 199 g/mol. The molecular formula is C13H29N. The third-order valence-electron chi connectivity index (χ3n) is 3.62. The van der Waals surface area contributed by atoms with Crippen LogP contribution in [0.3, 0.4) is 0 Å². The Kier molecular flexibility index (Phi) is 6.43. The van der Waals surface area contributed by atoms with Gasteiger partial charge in [-0.1, -0.05) is 47.5 Å². The Hall–Kier alpha value is -0.0400. The van der Waals surface area contributed by atoms with Gasteiger partial charge in [0.15, 0.2) is 0 Å². The van der Waals surface area contributed by atoms with Crippen LogP contribution in [0.4, 0.5) is 0 Å². The summed E-state index contributed by atoms with van der Waals surface area (Å²) in [4.78, 5) is 0. The highest BCUT2D eigenvalue weighted by Crippen LogP contribution is 2.29. The molecule has 14 heavy (non-hydrogen) atoms. The topological polar surface area (TPSA) is 12.0 Å². The van der Waals surface area contributed by atoms with Crippen molar-refractivity contribution in [3.05, 3.63) is 0 Å². The van der Waals surface area contributed by atoms with Crippen molar-refractivity contribution in [1.82, 2.24) is 5.32 Å². The predicted molar refractivity (Wildman–Crippen MR) is 65.6 cm³/mol. The van der Waals surface area contributed by atoms with E-state index in [2.05, 4.69) is 47.0 Å². The van der Waals surface area contributed by atoms with Crippen LogP contribution in [0.5, 0.6) is 0 Å². The van der Waals surface area contributed by atoms with Crippen LogP contribution < -0.4 is 5.32 Å². The Morgan fingerprint density at radius 2 is 1.79 bits per heavy atom. The molecule has 0 aliphatic carbocycles. The summed E-state index contributed by atoms with van der Waals surface area (Å²) >= 11 is 0. The van der Waals surface area contributed by atoms with Gasteiger partial charge in [0.2, 0.25) is 0 Å². The summed E-state index contributed by atoms with van der Waals surface area (Å²) in [5.41, 5.74) is 0.427. The van der Waals surface area contributed by atoms with E-state index in [0.29, 0.717) is 11.5 Å². The van der Waals surface area contributed by atoms with Crippen molar-refractivity contribution in [1.29, 1.82) is 0 Å². The molecule has 0 amide bonds. The fourth-order valence-corrected chi connectivity index (χ4v) is 2.09. The first-order valence-electron chi connectivity index (χ1n) is 6.15. The lowest BCUT2D eigenvalue weighted by Crippen LogP contribution is -2.40. The summed E-state index contributed by atoms with van der Waals surface area (Å²) in [6, 6.07) is 0.661. The molecular weight excluding hydrogens is 170 g/mol. The second-order valence-corrected chi connectivity index (χ2v) is 5.31. The maximum atomic E-state index is 3.48. The van der Waals surface area contributed by atoms with Crippen LogP contribution in [0.15, 0.2) is 0 Å². The summed E-state index contributed by atoms with van der Waals surface area (Å²) in [6.45, 7) is 11.7. The SMILES string of the molecule is CCCC(C)CC(NC)C(C)(C)CC. The van der Waals surface area contributed by atoms with Gasteiger partial charge in [0.1, 0.15) is 0 Å². The molecule has 0 aromatic carbocycles. The zero-order valence-corrected chi connectivity index (χ0v) is 11.0. The molecule has 1 nitrogen and oxygen atoms in total. The Morgan fingerprint density at radius 3 is 2.14 bits per heavy atom. The molecule has 0 fully saturated rings. The third-order valence-corrected chi connectivity index (χ3v) is 3.62. The van der Waals surface area contributed by atoms with Crippen molar-refractivity contribution in [3.63, 3.8) is 0 Å². The maximum Gasteiger partial charge on any atom is 0.0118 e. The smallest absolute Gasteiger partial charge is 0.0118 e. The number of nitrogens with one attached hydrogen (secondary N) is 1. The van der Waals surface area contributed by atoms with Crippen molar-refractivity contribution >= 4 is 0 Å². The lowest BCUT2D eigenvalue weighted by atomic mass is 9.77. The van der Waals surface area contributed by atoms with Crippen molar-refractivity contribution < 1.29 is 0 Å². The largest absolute Gasteiger partial charge is 0.316 e. The highest BCUT2D eigenvalue weighted by molar-refractivity contribution is 4.83. The number of hydrogen-bond acceptors (Lipinski definition) is 1. The normalized spacial score (nSPS) is 16.7. The minimum absolute atomic E-state index is 0.427. The molecule has 0 aliphatic rings. The van der Waals surface area contributed by atoms with Gasteiger partial charge in [0.05, 0.1) is 0 Å². The molecule has 2 atom stereocenters. The molecule has 0 saturated heterocycles. The van der Waals surface area contributed by atoms with Gasteiger partial charge in [0, 0.05) is 6.04 Å². The van der Waals surface area contributed by atoms with E-state index >= 15 is 0 Å². The van der Waals surface area contributed by atoms with Crippen molar-refractivity contribution in [2.45, 2.75) is 66.3 Å². The zero-order valence-electron chi connectivity index (χ0n) is 11.0. The molecule has 1 N–H and O–H groups in total. The minimum Gasteiger partial charge on any atom is -0.316 e. The summed E-state index contributed by atoms with van der Waals surface area (Å²) in [6.07, 6.45) is 5.23. The monoisotopic (exact) mass is 199 g/mol. The van der Waals surface area contributed by atoms with Gasteiger partial charge in [-0.15, -0.1) is 0 Å². The molecule has 0 aromatic rings. The lowest BCUT2D eigenvalue weighted by molar-refractivity contribution is 0.206. The molecule has 0 saturated carbocycles. The number of rotatable bonds is 7. The van der Waals surface area contributed by atoms with Gasteiger partial charge in [-0.05, 0) is 31.2 Å². The molecule has 0 bridgehead atoms. The molecule has 0 heterocycles. The molecule has 0 rings (SSSR count). The van der Waals surface area contributed by atoms with Crippen LogP contribution in [0.2, 0.25) is 0 Å². The molecule has 1 heteroatoms. The van der Waals surface area contributed by atoms with Gasteiger partial charge < -0.3 is 5.32 Å².